The van der Waals surface area contributed by atoms with E-state index in [1.165, 1.54) is 46.6 Å². The van der Waals surface area contributed by atoms with Gasteiger partial charge in [-0.3, -0.25) is 14.6 Å². The summed E-state index contributed by atoms with van der Waals surface area (Å²) in [4.78, 5) is 22.2. The number of nitrogens with zero attached hydrogens (tertiary/aromatic N) is 3. The number of rotatable bonds is 8. The maximum Gasteiger partial charge on any atom is 0.260 e. The molecule has 1 aliphatic heterocycles. The van der Waals surface area contributed by atoms with Crippen molar-refractivity contribution in [3.63, 3.8) is 0 Å². The SMILES string of the molecule is CCS(=O)(=O)c1ccc(C(=O)N(CCN2CCOCC2)c2nc3c(S(C)(=O)=O)cccc3s2)cc1. The molecule has 3 aromatic rings. The molecule has 0 saturated carbocycles. The standard InChI is InChI=1S/C23H27N3O6S3/c1-3-35(30,31)18-9-7-17(8-10-18)22(27)26(12-11-25-13-15-32-16-14-25)23-24-21-19(33-23)5-4-6-20(21)34(2,28)29/h4-10H,3,11-16H2,1-2H3. The average molecular weight is 538 g/mol. The summed E-state index contributed by atoms with van der Waals surface area (Å²) in [6.45, 7) is 5.25. The number of sulfone groups is 2. The van der Waals surface area contributed by atoms with Crippen LogP contribution in [-0.2, 0) is 24.4 Å². The van der Waals surface area contributed by atoms with Crippen LogP contribution in [0.3, 0.4) is 0 Å². The Balaban J connectivity index is 1.70. The molecule has 2 heterocycles. The van der Waals surface area contributed by atoms with Gasteiger partial charge in [0.1, 0.15) is 5.52 Å². The molecule has 0 aliphatic carbocycles. The lowest BCUT2D eigenvalue weighted by atomic mass is 10.2. The highest BCUT2D eigenvalue weighted by Gasteiger charge is 2.25. The smallest absolute Gasteiger partial charge is 0.260 e. The number of amides is 1. The van der Waals surface area contributed by atoms with E-state index in [0.717, 1.165) is 19.3 Å². The lowest BCUT2D eigenvalue weighted by Gasteiger charge is -2.29. The van der Waals surface area contributed by atoms with Gasteiger partial charge in [0.05, 0.1) is 33.5 Å². The summed E-state index contributed by atoms with van der Waals surface area (Å²) in [5, 5.41) is 0.389. The van der Waals surface area contributed by atoms with Gasteiger partial charge in [-0.15, -0.1) is 0 Å². The number of anilines is 1. The monoisotopic (exact) mass is 537 g/mol. The molecule has 0 atom stereocenters. The predicted octanol–water partition coefficient (Wildman–Crippen LogP) is 2.47. The van der Waals surface area contributed by atoms with E-state index in [2.05, 4.69) is 9.88 Å². The molecule has 0 radical (unpaired) electrons. The topological polar surface area (TPSA) is 114 Å². The molecule has 0 N–H and O–H groups in total. The highest BCUT2D eigenvalue weighted by atomic mass is 32.2. The number of benzene rings is 2. The van der Waals surface area contributed by atoms with Crippen LogP contribution in [0.2, 0.25) is 0 Å². The molecule has 1 aliphatic rings. The van der Waals surface area contributed by atoms with Crippen molar-refractivity contribution in [3.05, 3.63) is 48.0 Å². The van der Waals surface area contributed by atoms with Crippen molar-refractivity contribution < 1.29 is 26.4 Å². The molecule has 12 heteroatoms. The van der Waals surface area contributed by atoms with Crippen LogP contribution in [0.5, 0.6) is 0 Å². The number of para-hydroxylation sites is 1. The second-order valence-corrected chi connectivity index (χ2v) is 13.5. The van der Waals surface area contributed by atoms with Gasteiger partial charge in [-0.2, -0.15) is 0 Å². The van der Waals surface area contributed by atoms with Crippen molar-refractivity contribution in [1.82, 2.24) is 9.88 Å². The number of morpholine rings is 1. The van der Waals surface area contributed by atoms with Crippen molar-refractivity contribution in [2.75, 3.05) is 56.3 Å². The van der Waals surface area contributed by atoms with Gasteiger partial charge in [0.15, 0.2) is 24.8 Å². The number of carbonyl (C=O) groups excluding carboxylic acids is 1. The van der Waals surface area contributed by atoms with Gasteiger partial charge in [0.25, 0.3) is 5.91 Å². The number of hydrogen-bond acceptors (Lipinski definition) is 9. The van der Waals surface area contributed by atoms with E-state index in [0.29, 0.717) is 47.2 Å². The molecule has 188 valence electrons. The van der Waals surface area contributed by atoms with Gasteiger partial charge < -0.3 is 4.74 Å². The lowest BCUT2D eigenvalue weighted by molar-refractivity contribution is 0.0391. The van der Waals surface area contributed by atoms with Gasteiger partial charge in [0, 0.05) is 38.0 Å². The molecule has 4 rings (SSSR count). The fourth-order valence-corrected chi connectivity index (χ4v) is 6.60. The third-order valence-electron chi connectivity index (χ3n) is 5.83. The number of hydrogen-bond donors (Lipinski definition) is 0. The van der Waals surface area contributed by atoms with Crippen molar-refractivity contribution in [2.24, 2.45) is 0 Å². The van der Waals surface area contributed by atoms with E-state index in [-0.39, 0.29) is 21.5 Å². The maximum atomic E-state index is 13.6. The highest BCUT2D eigenvalue weighted by molar-refractivity contribution is 7.91. The van der Waals surface area contributed by atoms with E-state index in [9.17, 15) is 21.6 Å². The normalized spacial score (nSPS) is 15.4. The third-order valence-corrected chi connectivity index (χ3v) is 9.75. The first-order chi connectivity index (χ1) is 16.6. The summed E-state index contributed by atoms with van der Waals surface area (Å²) in [5.74, 6) is -0.362. The van der Waals surface area contributed by atoms with Crippen LogP contribution in [0.4, 0.5) is 5.13 Å². The van der Waals surface area contributed by atoms with Gasteiger partial charge in [-0.25, -0.2) is 21.8 Å². The Morgan fingerprint density at radius 1 is 1.09 bits per heavy atom. The Hall–Kier alpha value is -2.38. The molecule has 1 saturated heterocycles. The molecule has 2 aromatic carbocycles. The minimum absolute atomic E-state index is 0.0274. The second kappa shape index (κ2) is 10.3. The Kier molecular flexibility index (Phi) is 7.57. The van der Waals surface area contributed by atoms with Crippen molar-refractivity contribution in [1.29, 1.82) is 0 Å². The molecule has 1 fully saturated rings. The summed E-state index contributed by atoms with van der Waals surface area (Å²) >= 11 is 1.25. The first-order valence-corrected chi connectivity index (χ1v) is 15.5. The number of ether oxygens (including phenoxy) is 1. The van der Waals surface area contributed by atoms with Crippen LogP contribution in [0.25, 0.3) is 10.2 Å². The zero-order valence-corrected chi connectivity index (χ0v) is 22.0. The quantitative estimate of drug-likeness (QED) is 0.431. The summed E-state index contributed by atoms with van der Waals surface area (Å²) in [6.07, 6.45) is 1.13. The molecular formula is C23H27N3O6S3. The second-order valence-electron chi connectivity index (χ2n) is 8.21. The summed E-state index contributed by atoms with van der Waals surface area (Å²) < 4.78 is 54.9. The van der Waals surface area contributed by atoms with Crippen molar-refractivity contribution >= 4 is 52.3 Å². The van der Waals surface area contributed by atoms with Gasteiger partial charge in [-0.1, -0.05) is 24.3 Å². The molecule has 0 unspecified atom stereocenters. The summed E-state index contributed by atoms with van der Waals surface area (Å²) in [6, 6.07) is 10.8. The number of fused-ring (bicyclic) bond motifs is 1. The Morgan fingerprint density at radius 3 is 2.40 bits per heavy atom. The number of aromatic nitrogens is 1. The molecule has 0 spiro atoms. The van der Waals surface area contributed by atoms with Gasteiger partial charge in [0.2, 0.25) is 0 Å². The van der Waals surface area contributed by atoms with Crippen LogP contribution in [-0.4, -0.2) is 84.0 Å². The van der Waals surface area contributed by atoms with E-state index in [4.69, 9.17) is 4.74 Å². The first kappa shape index (κ1) is 25.7. The van der Waals surface area contributed by atoms with Crippen LogP contribution < -0.4 is 4.90 Å². The van der Waals surface area contributed by atoms with E-state index in [1.54, 1.807) is 19.1 Å². The van der Waals surface area contributed by atoms with E-state index >= 15 is 0 Å². The third kappa shape index (κ3) is 5.72. The fourth-order valence-electron chi connectivity index (χ4n) is 3.80. The lowest BCUT2D eigenvalue weighted by Crippen LogP contribution is -2.43. The van der Waals surface area contributed by atoms with Crippen LogP contribution in [0.1, 0.15) is 17.3 Å². The van der Waals surface area contributed by atoms with E-state index in [1.807, 2.05) is 0 Å². The van der Waals surface area contributed by atoms with Crippen LogP contribution >= 0.6 is 11.3 Å². The van der Waals surface area contributed by atoms with Gasteiger partial charge in [-0.05, 0) is 36.4 Å². The minimum Gasteiger partial charge on any atom is -0.379 e. The first-order valence-electron chi connectivity index (χ1n) is 11.1. The van der Waals surface area contributed by atoms with Crippen LogP contribution in [0, 0.1) is 0 Å². The summed E-state index contributed by atoms with van der Waals surface area (Å²) in [5.41, 5.74) is 0.660. The molecule has 35 heavy (non-hydrogen) atoms. The van der Waals surface area contributed by atoms with Crippen LogP contribution in [0.15, 0.2) is 52.3 Å². The fraction of sp³-hybridized carbons (Fsp3) is 0.391. The zero-order valence-electron chi connectivity index (χ0n) is 19.5. The summed E-state index contributed by atoms with van der Waals surface area (Å²) in [7, 11) is -6.89. The molecule has 9 nitrogen and oxygen atoms in total. The molecule has 1 aromatic heterocycles. The Labute approximate surface area is 209 Å². The number of carbonyl (C=O) groups is 1. The predicted molar refractivity (Wildman–Crippen MR) is 136 cm³/mol. The Bertz CT molecular complexity index is 1430. The Morgan fingerprint density at radius 2 is 1.77 bits per heavy atom. The number of thiazole rings is 1. The highest BCUT2D eigenvalue weighted by Crippen LogP contribution is 2.33. The zero-order chi connectivity index (χ0) is 25.2. The van der Waals surface area contributed by atoms with Crippen molar-refractivity contribution in [2.45, 2.75) is 16.7 Å². The minimum atomic E-state index is -3.50. The average Bonchev–Trinajstić information content (AvgIpc) is 3.28. The molecule has 1 amide bonds. The van der Waals surface area contributed by atoms with Gasteiger partial charge >= 0.3 is 0 Å². The van der Waals surface area contributed by atoms with E-state index < -0.39 is 19.7 Å². The van der Waals surface area contributed by atoms with Crippen molar-refractivity contribution in [3.8, 4) is 0 Å². The largest absolute Gasteiger partial charge is 0.379 e. The molecule has 0 bridgehead atoms. The molecular weight excluding hydrogens is 510 g/mol. The maximum absolute atomic E-state index is 13.6.